The second-order valence-corrected chi connectivity index (χ2v) is 25.1. The first-order chi connectivity index (χ1) is 29.7. The number of nitrogens with zero attached hydrogens (tertiary/aromatic N) is 2. The Morgan fingerprint density at radius 1 is 0.422 bits per heavy atom. The lowest BCUT2D eigenvalue weighted by atomic mass is 9.32. The zero-order chi connectivity index (χ0) is 46.3. The van der Waals surface area contributed by atoms with E-state index in [0.717, 1.165) is 0 Å². The molecule has 2 aliphatic heterocycles. The first-order valence-electron chi connectivity index (χ1n) is 24.1. The van der Waals surface area contributed by atoms with Crippen LogP contribution in [0.4, 0.5) is 34.1 Å². The highest BCUT2D eigenvalue weighted by atomic mass is 15.2. The van der Waals surface area contributed by atoms with Gasteiger partial charge in [-0.25, -0.2) is 0 Å². The fourth-order valence-corrected chi connectivity index (χ4v) is 10.9. The van der Waals surface area contributed by atoms with Crippen LogP contribution in [0, 0.1) is 6.92 Å². The summed E-state index contributed by atoms with van der Waals surface area (Å²) in [6, 6.07) is 43.5. The van der Waals surface area contributed by atoms with E-state index in [1.165, 1.54) is 113 Å². The monoisotopic (exact) mass is 845 g/mol. The number of rotatable bonds is 3. The Kier molecular flexibility index (Phi) is 10.0. The maximum atomic E-state index is 2.69. The van der Waals surface area contributed by atoms with E-state index in [0.29, 0.717) is 0 Å². The summed E-state index contributed by atoms with van der Waals surface area (Å²) in [5.41, 5.74) is 24.1. The number of anilines is 6. The molecule has 0 spiro atoms. The van der Waals surface area contributed by atoms with Crippen LogP contribution in [0.2, 0.25) is 0 Å². The highest BCUT2D eigenvalue weighted by Crippen LogP contribution is 2.52. The molecule has 0 fully saturated rings. The van der Waals surface area contributed by atoms with Gasteiger partial charge >= 0.3 is 0 Å². The fraction of sp³-hybridized carbons (Fsp3) is 0.410. The van der Waals surface area contributed by atoms with Crippen molar-refractivity contribution in [3.05, 3.63) is 148 Å². The smallest absolute Gasteiger partial charge is 0.252 e. The largest absolute Gasteiger partial charge is 0.311 e. The molecule has 0 bridgehead atoms. The first-order valence-corrected chi connectivity index (χ1v) is 24.1. The summed E-state index contributed by atoms with van der Waals surface area (Å²) in [5.74, 6) is 0. The van der Waals surface area contributed by atoms with Crippen LogP contribution in [0.1, 0.15) is 163 Å². The molecule has 0 N–H and O–H groups in total. The highest BCUT2D eigenvalue weighted by Gasteiger charge is 2.47. The number of benzene rings is 6. The van der Waals surface area contributed by atoms with Gasteiger partial charge in [-0.1, -0.05) is 178 Å². The van der Waals surface area contributed by atoms with Crippen molar-refractivity contribution in [1.82, 2.24) is 0 Å². The molecular weight excluding hydrogens is 771 g/mol. The van der Waals surface area contributed by atoms with Crippen molar-refractivity contribution in [3.8, 4) is 11.1 Å². The highest BCUT2D eigenvalue weighted by molar-refractivity contribution is 7.00. The Bertz CT molecular complexity index is 2830. The molecule has 1 aliphatic carbocycles. The first kappa shape index (κ1) is 44.2. The van der Waals surface area contributed by atoms with Crippen LogP contribution in [0.3, 0.4) is 0 Å². The van der Waals surface area contributed by atoms with Gasteiger partial charge in [0.05, 0.1) is 5.69 Å². The van der Waals surface area contributed by atoms with Gasteiger partial charge in [-0.15, -0.1) is 0 Å². The molecule has 0 atom stereocenters. The molecule has 3 heteroatoms. The maximum absolute atomic E-state index is 2.69. The Morgan fingerprint density at radius 2 is 0.875 bits per heavy atom. The quantitative estimate of drug-likeness (QED) is 0.164. The van der Waals surface area contributed by atoms with Gasteiger partial charge in [-0.2, -0.15) is 0 Å². The molecule has 0 aromatic heterocycles. The Hall–Kier alpha value is -5.02. The van der Waals surface area contributed by atoms with Crippen molar-refractivity contribution in [3.63, 3.8) is 0 Å². The molecule has 6 aromatic carbocycles. The summed E-state index contributed by atoms with van der Waals surface area (Å²) in [4.78, 5) is 5.35. The third-order valence-electron chi connectivity index (χ3n) is 15.3. The number of hydrogen-bond acceptors (Lipinski definition) is 2. The van der Waals surface area contributed by atoms with Crippen LogP contribution < -0.4 is 26.2 Å². The second-order valence-electron chi connectivity index (χ2n) is 25.1. The summed E-state index contributed by atoms with van der Waals surface area (Å²) in [5, 5.41) is 0. The zero-order valence-corrected chi connectivity index (χ0v) is 42.3. The summed E-state index contributed by atoms with van der Waals surface area (Å²) in [6.45, 7) is 40.5. The minimum atomic E-state index is -0.111. The third-order valence-corrected chi connectivity index (χ3v) is 15.3. The molecule has 0 radical (unpaired) electrons. The Labute approximate surface area is 387 Å². The van der Waals surface area contributed by atoms with E-state index in [-0.39, 0.29) is 39.2 Å². The summed E-state index contributed by atoms with van der Waals surface area (Å²) in [6.07, 6.45) is 2.35. The van der Waals surface area contributed by atoms with E-state index in [2.05, 4.69) is 237 Å². The van der Waals surface area contributed by atoms with E-state index in [4.69, 9.17) is 0 Å². The van der Waals surface area contributed by atoms with Gasteiger partial charge in [0.25, 0.3) is 6.71 Å². The fourth-order valence-electron chi connectivity index (χ4n) is 10.9. The van der Waals surface area contributed by atoms with Crippen LogP contribution in [-0.2, 0) is 32.5 Å². The molecule has 2 nitrogen and oxygen atoms in total. The topological polar surface area (TPSA) is 6.48 Å². The van der Waals surface area contributed by atoms with Crippen molar-refractivity contribution in [1.29, 1.82) is 0 Å². The van der Waals surface area contributed by atoms with Gasteiger partial charge in [0, 0.05) is 34.0 Å². The van der Waals surface area contributed by atoms with Gasteiger partial charge in [-0.3, -0.25) is 0 Å². The predicted octanol–water partition coefficient (Wildman–Crippen LogP) is 15.3. The van der Waals surface area contributed by atoms with E-state index in [9.17, 15) is 0 Å². The molecule has 330 valence electrons. The Balaban J connectivity index is 1.47. The second kappa shape index (κ2) is 14.5. The van der Waals surface area contributed by atoms with E-state index < -0.39 is 0 Å². The average Bonchev–Trinajstić information content (AvgIpc) is 3.20. The summed E-state index contributed by atoms with van der Waals surface area (Å²) >= 11 is 0. The molecule has 3 aliphatic rings. The van der Waals surface area contributed by atoms with Crippen molar-refractivity contribution in [2.45, 2.75) is 163 Å². The predicted molar refractivity (Wildman–Crippen MR) is 281 cm³/mol. The molecule has 0 unspecified atom stereocenters. The minimum Gasteiger partial charge on any atom is -0.311 e. The average molecular weight is 845 g/mol. The summed E-state index contributed by atoms with van der Waals surface area (Å²) < 4.78 is 0. The molecule has 2 heterocycles. The normalized spacial score (nSPS) is 16.5. The minimum absolute atomic E-state index is 0.00796. The van der Waals surface area contributed by atoms with Gasteiger partial charge in [0.2, 0.25) is 0 Å². The van der Waals surface area contributed by atoms with Crippen molar-refractivity contribution >= 4 is 57.2 Å². The molecule has 0 saturated carbocycles. The van der Waals surface area contributed by atoms with Crippen LogP contribution in [0.5, 0.6) is 0 Å². The van der Waals surface area contributed by atoms with Crippen LogP contribution in [-0.4, -0.2) is 6.71 Å². The van der Waals surface area contributed by atoms with Crippen molar-refractivity contribution in [2.24, 2.45) is 0 Å². The Morgan fingerprint density at radius 3 is 1.41 bits per heavy atom. The van der Waals surface area contributed by atoms with Gasteiger partial charge in [0.1, 0.15) is 0 Å². The lowest BCUT2D eigenvalue weighted by molar-refractivity contribution is 0.332. The van der Waals surface area contributed by atoms with Crippen LogP contribution >= 0.6 is 0 Å². The molecule has 6 aromatic rings. The number of hydrogen-bond donors (Lipinski definition) is 0. The van der Waals surface area contributed by atoms with Crippen molar-refractivity contribution in [2.75, 3.05) is 9.80 Å². The van der Waals surface area contributed by atoms with E-state index >= 15 is 0 Å². The standard InChI is InChI=1S/C61H73BN2/c1-38-31-40(56(2,3)4)23-26-49(38)63-52-37-46-45(60(14,15)29-30-61(46,16)17)36-48(52)62-47-33-42(58(8,9)10)25-28-51(47)64(54-35-43(59(11,12)13)34-53(63)55(54)62)50-27-24-41(57(5,6)7)32-44(50)39-21-19-18-20-22-39/h18-28,31-37H,29-30H2,1-17H3. The van der Waals surface area contributed by atoms with Crippen LogP contribution in [0.15, 0.2) is 109 Å². The SMILES string of the molecule is Cc1cc(C(C)(C)C)ccc1N1c2cc3c(cc2B2c4cc(C(C)(C)C)ccc4N(c4ccc(C(C)(C)C)cc4-c4ccccc4)c4cc(C(C)(C)C)cc1c42)C(C)(C)CCC3(C)C. The number of aryl methyl sites for hydroxylation is 1. The molecule has 64 heavy (non-hydrogen) atoms. The van der Waals surface area contributed by atoms with Gasteiger partial charge < -0.3 is 9.80 Å². The maximum Gasteiger partial charge on any atom is 0.252 e. The van der Waals surface area contributed by atoms with Gasteiger partial charge in [0.15, 0.2) is 0 Å². The van der Waals surface area contributed by atoms with Crippen molar-refractivity contribution < 1.29 is 0 Å². The van der Waals surface area contributed by atoms with E-state index in [1.54, 1.807) is 0 Å². The summed E-state index contributed by atoms with van der Waals surface area (Å²) in [7, 11) is 0. The lowest BCUT2D eigenvalue weighted by Crippen LogP contribution is -2.62. The number of fused-ring (bicyclic) bond motifs is 5. The molecule has 0 saturated heterocycles. The lowest BCUT2D eigenvalue weighted by Gasteiger charge is -2.48. The third kappa shape index (κ3) is 7.25. The molecular formula is C61H73BN2. The van der Waals surface area contributed by atoms with Crippen LogP contribution in [0.25, 0.3) is 11.1 Å². The van der Waals surface area contributed by atoms with E-state index in [1.807, 2.05) is 0 Å². The molecule has 0 amide bonds. The zero-order valence-electron chi connectivity index (χ0n) is 42.3. The molecule has 9 rings (SSSR count). The van der Waals surface area contributed by atoms with Gasteiger partial charge in [-0.05, 0) is 156 Å².